The molecule has 106 valence electrons. The average molecular weight is 272 g/mol. The predicted molar refractivity (Wildman–Crippen MR) is 80.0 cm³/mol. The number of anilines is 1. The quantitative estimate of drug-likeness (QED) is 0.921. The van der Waals surface area contributed by atoms with E-state index in [1.807, 2.05) is 31.2 Å². The molecule has 5 nitrogen and oxygen atoms in total. The summed E-state index contributed by atoms with van der Waals surface area (Å²) < 4.78 is 5.75. The normalized spacial score (nSPS) is 20.2. The van der Waals surface area contributed by atoms with Crippen LogP contribution in [0.25, 0.3) is 11.0 Å². The van der Waals surface area contributed by atoms with Gasteiger partial charge in [-0.05, 0) is 26.1 Å². The van der Waals surface area contributed by atoms with Crippen molar-refractivity contribution in [2.45, 2.75) is 13.0 Å². The van der Waals surface area contributed by atoms with Crippen LogP contribution in [0.2, 0.25) is 0 Å². The monoisotopic (exact) mass is 272 g/mol. The highest BCUT2D eigenvalue weighted by molar-refractivity contribution is 5.76. The van der Waals surface area contributed by atoms with E-state index in [9.17, 15) is 0 Å². The Bertz CT molecular complexity index is 601. The summed E-state index contributed by atoms with van der Waals surface area (Å²) in [5.41, 5.74) is 2.78. The number of fused-ring (bicyclic) bond motifs is 1. The number of ether oxygens (including phenoxy) is 1. The zero-order chi connectivity index (χ0) is 13.9. The minimum absolute atomic E-state index is 0.210. The molecule has 3 rings (SSSR count). The number of nitrogens with one attached hydrogen (secondary N) is 1. The molecule has 0 aliphatic carbocycles. The highest BCUT2D eigenvalue weighted by Crippen LogP contribution is 2.16. The van der Waals surface area contributed by atoms with E-state index < -0.39 is 0 Å². The number of likely N-dealkylation sites (N-methyl/N-ethyl adjacent to an activating group) is 1. The lowest BCUT2D eigenvalue weighted by atomic mass is 10.2. The lowest BCUT2D eigenvalue weighted by Crippen LogP contribution is -2.43. The summed E-state index contributed by atoms with van der Waals surface area (Å²) >= 11 is 0. The third-order valence-corrected chi connectivity index (χ3v) is 3.58. The Hall–Kier alpha value is -1.72. The van der Waals surface area contributed by atoms with Crippen LogP contribution in [0.15, 0.2) is 24.3 Å². The number of nitrogens with zero attached hydrogens (tertiary/aromatic N) is 3. The van der Waals surface area contributed by atoms with Crippen LogP contribution in [-0.2, 0) is 4.74 Å². The van der Waals surface area contributed by atoms with Gasteiger partial charge in [-0.25, -0.2) is 9.97 Å². The Morgan fingerprint density at radius 2 is 2.05 bits per heavy atom. The third-order valence-electron chi connectivity index (χ3n) is 3.58. The Balaban J connectivity index is 1.72. The van der Waals surface area contributed by atoms with Crippen LogP contribution in [0.3, 0.4) is 0 Å². The zero-order valence-electron chi connectivity index (χ0n) is 12.0. The van der Waals surface area contributed by atoms with E-state index in [4.69, 9.17) is 4.74 Å². The summed E-state index contributed by atoms with van der Waals surface area (Å²) in [6.45, 7) is 5.50. The summed E-state index contributed by atoms with van der Waals surface area (Å²) in [5, 5.41) is 3.37. The zero-order valence-corrected chi connectivity index (χ0v) is 12.0. The molecule has 1 saturated heterocycles. The topological polar surface area (TPSA) is 50.3 Å². The Morgan fingerprint density at radius 1 is 1.30 bits per heavy atom. The molecule has 1 aliphatic heterocycles. The van der Waals surface area contributed by atoms with Crippen molar-refractivity contribution in [1.29, 1.82) is 0 Å². The van der Waals surface area contributed by atoms with Crippen molar-refractivity contribution in [2.75, 3.05) is 38.6 Å². The molecule has 0 radical (unpaired) electrons. The number of benzene rings is 1. The van der Waals surface area contributed by atoms with Crippen LogP contribution in [0, 0.1) is 6.92 Å². The lowest BCUT2D eigenvalue weighted by Gasteiger charge is -2.30. The summed E-state index contributed by atoms with van der Waals surface area (Å²) in [4.78, 5) is 11.5. The van der Waals surface area contributed by atoms with E-state index >= 15 is 0 Å². The molecule has 1 unspecified atom stereocenters. The summed E-state index contributed by atoms with van der Waals surface area (Å²) in [5.74, 6) is 0.848. The SMILES string of the molecule is Cc1nc2ccccc2nc1NCC1CN(C)CCO1. The fourth-order valence-corrected chi connectivity index (χ4v) is 2.46. The molecule has 1 N–H and O–H groups in total. The van der Waals surface area contributed by atoms with Crippen molar-refractivity contribution in [1.82, 2.24) is 14.9 Å². The minimum atomic E-state index is 0.210. The number of para-hydroxylation sites is 2. The van der Waals surface area contributed by atoms with Gasteiger partial charge in [0.1, 0.15) is 5.82 Å². The fourth-order valence-electron chi connectivity index (χ4n) is 2.46. The highest BCUT2D eigenvalue weighted by atomic mass is 16.5. The number of rotatable bonds is 3. The van der Waals surface area contributed by atoms with Crippen LogP contribution in [0.5, 0.6) is 0 Å². The molecule has 0 amide bonds. The molecule has 1 fully saturated rings. The van der Waals surface area contributed by atoms with Gasteiger partial charge in [0, 0.05) is 19.6 Å². The molecule has 2 aromatic rings. The van der Waals surface area contributed by atoms with E-state index in [1.165, 1.54) is 0 Å². The first-order valence-electron chi connectivity index (χ1n) is 7.00. The molecule has 0 saturated carbocycles. The third kappa shape index (κ3) is 2.89. The maximum Gasteiger partial charge on any atom is 0.148 e. The number of morpholine rings is 1. The summed E-state index contributed by atoms with van der Waals surface area (Å²) in [6.07, 6.45) is 0.210. The Morgan fingerprint density at radius 3 is 2.80 bits per heavy atom. The molecular weight excluding hydrogens is 252 g/mol. The van der Waals surface area contributed by atoms with Crippen LogP contribution in [0.1, 0.15) is 5.69 Å². The van der Waals surface area contributed by atoms with Gasteiger partial charge >= 0.3 is 0 Å². The Kier molecular flexibility index (Phi) is 3.80. The smallest absolute Gasteiger partial charge is 0.148 e. The second kappa shape index (κ2) is 5.73. The Labute approximate surface area is 119 Å². The van der Waals surface area contributed by atoms with Crippen molar-refractivity contribution >= 4 is 16.9 Å². The maximum absolute atomic E-state index is 5.75. The second-order valence-electron chi connectivity index (χ2n) is 5.28. The largest absolute Gasteiger partial charge is 0.374 e. The van der Waals surface area contributed by atoms with Crippen LogP contribution in [0.4, 0.5) is 5.82 Å². The van der Waals surface area contributed by atoms with Crippen LogP contribution in [-0.4, -0.2) is 54.3 Å². The van der Waals surface area contributed by atoms with E-state index in [-0.39, 0.29) is 6.10 Å². The average Bonchev–Trinajstić information content (AvgIpc) is 2.45. The molecule has 1 atom stereocenters. The van der Waals surface area contributed by atoms with Gasteiger partial charge in [-0.15, -0.1) is 0 Å². The van der Waals surface area contributed by atoms with Crippen LogP contribution >= 0.6 is 0 Å². The van der Waals surface area contributed by atoms with Gasteiger partial charge in [0.15, 0.2) is 0 Å². The number of aryl methyl sites for hydroxylation is 1. The van der Waals surface area contributed by atoms with Gasteiger partial charge in [-0.2, -0.15) is 0 Å². The minimum Gasteiger partial charge on any atom is -0.374 e. The van der Waals surface area contributed by atoms with Crippen molar-refractivity contribution in [3.05, 3.63) is 30.0 Å². The van der Waals surface area contributed by atoms with Gasteiger partial charge in [-0.1, -0.05) is 12.1 Å². The van der Waals surface area contributed by atoms with E-state index in [1.54, 1.807) is 0 Å². The summed E-state index contributed by atoms with van der Waals surface area (Å²) in [7, 11) is 2.12. The molecule has 1 aromatic heterocycles. The molecule has 1 aliphatic rings. The number of hydrogen-bond acceptors (Lipinski definition) is 5. The van der Waals surface area contributed by atoms with Gasteiger partial charge in [-0.3, -0.25) is 0 Å². The highest BCUT2D eigenvalue weighted by Gasteiger charge is 2.17. The molecule has 20 heavy (non-hydrogen) atoms. The molecule has 0 bridgehead atoms. The first kappa shape index (κ1) is 13.3. The second-order valence-corrected chi connectivity index (χ2v) is 5.28. The molecule has 2 heterocycles. The maximum atomic E-state index is 5.75. The molecular formula is C15H20N4O. The molecule has 0 spiro atoms. The van der Waals surface area contributed by atoms with Crippen molar-refractivity contribution < 1.29 is 4.74 Å². The van der Waals surface area contributed by atoms with Crippen molar-refractivity contribution in [3.8, 4) is 0 Å². The van der Waals surface area contributed by atoms with E-state index in [2.05, 4.69) is 27.2 Å². The number of hydrogen-bond donors (Lipinski definition) is 1. The van der Waals surface area contributed by atoms with Gasteiger partial charge in [0.25, 0.3) is 0 Å². The first-order valence-corrected chi connectivity index (χ1v) is 7.00. The fraction of sp³-hybridized carbons (Fsp3) is 0.467. The van der Waals surface area contributed by atoms with Gasteiger partial charge < -0.3 is 15.0 Å². The molecule has 5 heteroatoms. The first-order chi connectivity index (χ1) is 9.72. The van der Waals surface area contributed by atoms with Crippen LogP contribution < -0.4 is 5.32 Å². The van der Waals surface area contributed by atoms with Crippen molar-refractivity contribution in [3.63, 3.8) is 0 Å². The predicted octanol–water partition coefficient (Wildman–Crippen LogP) is 1.68. The lowest BCUT2D eigenvalue weighted by molar-refractivity contribution is -0.0117. The van der Waals surface area contributed by atoms with Gasteiger partial charge in [0.05, 0.1) is 29.4 Å². The number of aromatic nitrogens is 2. The van der Waals surface area contributed by atoms with E-state index in [0.717, 1.165) is 48.8 Å². The summed E-state index contributed by atoms with van der Waals surface area (Å²) in [6, 6.07) is 7.93. The standard InChI is InChI=1S/C15H20N4O/c1-11-15(16-9-12-10-19(2)7-8-20-12)18-14-6-4-3-5-13(14)17-11/h3-6,12H,7-10H2,1-2H3,(H,16,18). The van der Waals surface area contributed by atoms with E-state index in [0.29, 0.717) is 0 Å². The van der Waals surface area contributed by atoms with Gasteiger partial charge in [0.2, 0.25) is 0 Å². The molecule has 1 aromatic carbocycles. The van der Waals surface area contributed by atoms with Crippen molar-refractivity contribution in [2.24, 2.45) is 0 Å².